The number of aromatic nitrogens is 2. The molecule has 0 spiro atoms. The fraction of sp³-hybridized carbons (Fsp3) is 0.211. The van der Waals surface area contributed by atoms with Crippen molar-refractivity contribution in [3.8, 4) is 5.75 Å². The number of nitrogens with one attached hydrogen (secondary N) is 2. The van der Waals surface area contributed by atoms with E-state index in [0.717, 1.165) is 6.42 Å². The first-order valence-electron chi connectivity index (χ1n) is 8.34. The van der Waals surface area contributed by atoms with Crippen LogP contribution in [0.15, 0.2) is 53.3 Å². The molecule has 0 aliphatic rings. The summed E-state index contributed by atoms with van der Waals surface area (Å²) in [5.41, 5.74) is 0.686. The molecule has 134 valence electrons. The smallest absolute Gasteiger partial charge is 0.349 e. The van der Waals surface area contributed by atoms with Crippen LogP contribution in [0, 0.1) is 0 Å². The lowest BCUT2D eigenvalue weighted by Gasteiger charge is -2.16. The Hall–Kier alpha value is -3.35. The quantitative estimate of drug-likeness (QED) is 0.736. The third kappa shape index (κ3) is 3.51. The maximum atomic E-state index is 12.5. The van der Waals surface area contributed by atoms with Gasteiger partial charge in [0.05, 0.1) is 18.3 Å². The number of fused-ring (bicyclic) bond motifs is 1. The van der Waals surface area contributed by atoms with Crippen molar-refractivity contribution < 1.29 is 9.53 Å². The highest BCUT2D eigenvalue weighted by molar-refractivity contribution is 6.04. The lowest BCUT2D eigenvalue weighted by Crippen LogP contribution is -2.29. The van der Waals surface area contributed by atoms with Crippen molar-refractivity contribution in [3.63, 3.8) is 0 Å². The van der Waals surface area contributed by atoms with E-state index in [4.69, 9.17) is 4.74 Å². The fourth-order valence-corrected chi connectivity index (χ4v) is 2.75. The van der Waals surface area contributed by atoms with Crippen LogP contribution >= 0.6 is 0 Å². The summed E-state index contributed by atoms with van der Waals surface area (Å²) in [6.45, 7) is 2.42. The normalized spacial score (nSPS) is 10.5. The topological polar surface area (TPSA) is 85.2 Å². The molecule has 0 bridgehead atoms. The Morgan fingerprint density at radius 3 is 2.62 bits per heavy atom. The molecule has 0 unspecified atom stereocenters. The third-order valence-electron chi connectivity index (χ3n) is 3.91. The van der Waals surface area contributed by atoms with E-state index < -0.39 is 11.7 Å². The number of carbonyl (C=O) groups excluding carboxylic acids is 1. The van der Waals surface area contributed by atoms with Gasteiger partial charge in [-0.05, 0) is 30.7 Å². The Labute approximate surface area is 150 Å². The molecule has 0 saturated heterocycles. The Bertz CT molecular complexity index is 997. The van der Waals surface area contributed by atoms with Crippen LogP contribution in [0.3, 0.4) is 0 Å². The molecule has 0 radical (unpaired) electrons. The molecule has 2 N–H and O–H groups in total. The third-order valence-corrected chi connectivity index (χ3v) is 3.91. The zero-order valence-electron chi connectivity index (χ0n) is 14.7. The second-order valence-corrected chi connectivity index (χ2v) is 5.69. The zero-order valence-corrected chi connectivity index (χ0v) is 14.7. The predicted octanol–water partition coefficient (Wildman–Crippen LogP) is 3.46. The number of carbonyl (C=O) groups is 1. The van der Waals surface area contributed by atoms with Crippen LogP contribution in [0.2, 0.25) is 0 Å². The van der Waals surface area contributed by atoms with Crippen LogP contribution in [0.5, 0.6) is 5.75 Å². The fourth-order valence-electron chi connectivity index (χ4n) is 2.75. The molecular weight excluding hydrogens is 332 g/mol. The summed E-state index contributed by atoms with van der Waals surface area (Å²) in [4.78, 5) is 29.0. The van der Waals surface area contributed by atoms with Crippen molar-refractivity contribution in [1.29, 1.82) is 0 Å². The standard InChI is InChI=1S/C19H20N4O3/c1-3-12-23-17(13-8-4-5-9-14(13)21-19(23)25)22-18(24)20-15-10-6-7-11-16(15)26-2/h4-11H,3,12H2,1-2H3,(H2,20,22,24). The Balaban J connectivity index is 1.98. The van der Waals surface area contributed by atoms with Gasteiger partial charge in [-0.3, -0.25) is 9.88 Å². The SMILES string of the molecule is CCCn1c(NC(=O)Nc2ccccc2OC)c2ccccc2nc1=O. The molecule has 1 heterocycles. The van der Waals surface area contributed by atoms with Crippen molar-refractivity contribution in [2.75, 3.05) is 17.7 Å². The second-order valence-electron chi connectivity index (χ2n) is 5.69. The number of para-hydroxylation sites is 3. The molecule has 0 aliphatic carbocycles. The van der Waals surface area contributed by atoms with Crippen LogP contribution in [0.1, 0.15) is 13.3 Å². The molecule has 0 saturated carbocycles. The van der Waals surface area contributed by atoms with Gasteiger partial charge >= 0.3 is 11.7 Å². The van der Waals surface area contributed by atoms with Crippen LogP contribution in [0.25, 0.3) is 10.9 Å². The molecule has 0 aliphatic heterocycles. The molecule has 3 aromatic rings. The molecule has 0 fully saturated rings. The van der Waals surface area contributed by atoms with Crippen molar-refractivity contribution in [2.45, 2.75) is 19.9 Å². The average molecular weight is 352 g/mol. The minimum absolute atomic E-state index is 0.391. The Morgan fingerprint density at radius 1 is 1.12 bits per heavy atom. The number of rotatable bonds is 5. The molecule has 2 aromatic carbocycles. The van der Waals surface area contributed by atoms with E-state index in [0.29, 0.717) is 34.7 Å². The van der Waals surface area contributed by atoms with Crippen LogP contribution in [0.4, 0.5) is 16.3 Å². The first-order valence-corrected chi connectivity index (χ1v) is 8.34. The van der Waals surface area contributed by atoms with E-state index in [2.05, 4.69) is 15.6 Å². The van der Waals surface area contributed by atoms with E-state index in [-0.39, 0.29) is 0 Å². The lowest BCUT2D eigenvalue weighted by atomic mass is 10.2. The van der Waals surface area contributed by atoms with Gasteiger partial charge in [0.25, 0.3) is 0 Å². The molecule has 0 atom stereocenters. The van der Waals surface area contributed by atoms with E-state index in [9.17, 15) is 9.59 Å². The maximum Gasteiger partial charge on any atom is 0.349 e. The minimum Gasteiger partial charge on any atom is -0.495 e. The van der Waals surface area contributed by atoms with Crippen molar-refractivity contribution in [2.24, 2.45) is 0 Å². The number of amides is 2. The second kappa shape index (κ2) is 7.69. The Kier molecular flexibility index (Phi) is 5.17. The molecule has 2 amide bonds. The van der Waals surface area contributed by atoms with Gasteiger partial charge in [-0.1, -0.05) is 31.2 Å². The summed E-state index contributed by atoms with van der Waals surface area (Å²) in [5, 5.41) is 6.25. The average Bonchev–Trinajstić information content (AvgIpc) is 2.65. The van der Waals surface area contributed by atoms with Crippen molar-refractivity contribution in [1.82, 2.24) is 9.55 Å². The number of methoxy groups -OCH3 is 1. The molecule has 7 heteroatoms. The largest absolute Gasteiger partial charge is 0.495 e. The van der Waals surface area contributed by atoms with E-state index in [1.807, 2.05) is 25.1 Å². The van der Waals surface area contributed by atoms with Gasteiger partial charge in [-0.15, -0.1) is 0 Å². The molecule has 26 heavy (non-hydrogen) atoms. The lowest BCUT2D eigenvalue weighted by molar-refractivity contribution is 0.262. The number of hydrogen-bond donors (Lipinski definition) is 2. The van der Waals surface area contributed by atoms with Crippen molar-refractivity contribution >= 4 is 28.4 Å². The maximum absolute atomic E-state index is 12.5. The van der Waals surface area contributed by atoms with Crippen LogP contribution < -0.4 is 21.1 Å². The summed E-state index contributed by atoms with van der Waals surface area (Å²) >= 11 is 0. The monoisotopic (exact) mass is 352 g/mol. The van der Waals surface area contributed by atoms with Gasteiger partial charge in [-0.2, -0.15) is 4.98 Å². The molecular formula is C19H20N4O3. The van der Waals surface area contributed by atoms with Gasteiger partial charge in [0.2, 0.25) is 0 Å². The van der Waals surface area contributed by atoms with Crippen molar-refractivity contribution in [3.05, 3.63) is 59.0 Å². The van der Waals surface area contributed by atoms with Crippen LogP contribution in [-0.2, 0) is 6.54 Å². The Morgan fingerprint density at radius 2 is 1.85 bits per heavy atom. The van der Waals surface area contributed by atoms with E-state index in [1.165, 1.54) is 11.7 Å². The molecule has 1 aromatic heterocycles. The highest BCUT2D eigenvalue weighted by atomic mass is 16.5. The highest BCUT2D eigenvalue weighted by Crippen LogP contribution is 2.24. The van der Waals surface area contributed by atoms with E-state index in [1.54, 1.807) is 30.3 Å². The van der Waals surface area contributed by atoms with Gasteiger partial charge in [-0.25, -0.2) is 9.59 Å². The first kappa shape index (κ1) is 17.5. The van der Waals surface area contributed by atoms with Gasteiger partial charge < -0.3 is 10.1 Å². The van der Waals surface area contributed by atoms with Gasteiger partial charge in [0.15, 0.2) is 0 Å². The molecule has 3 rings (SSSR count). The molecule has 7 nitrogen and oxygen atoms in total. The summed E-state index contributed by atoms with van der Waals surface area (Å²) in [6, 6.07) is 13.9. The first-order chi connectivity index (χ1) is 12.6. The van der Waals surface area contributed by atoms with Crippen LogP contribution in [-0.4, -0.2) is 22.7 Å². The predicted molar refractivity (Wildman–Crippen MR) is 102 cm³/mol. The number of hydrogen-bond acceptors (Lipinski definition) is 4. The number of ether oxygens (including phenoxy) is 1. The minimum atomic E-state index is -0.463. The highest BCUT2D eigenvalue weighted by Gasteiger charge is 2.14. The number of nitrogens with zero attached hydrogens (tertiary/aromatic N) is 2. The van der Waals surface area contributed by atoms with Gasteiger partial charge in [0.1, 0.15) is 11.6 Å². The number of benzene rings is 2. The van der Waals surface area contributed by atoms with E-state index >= 15 is 0 Å². The zero-order chi connectivity index (χ0) is 18.5. The number of urea groups is 1. The summed E-state index contributed by atoms with van der Waals surface area (Å²) < 4.78 is 6.72. The van der Waals surface area contributed by atoms with Gasteiger partial charge in [0, 0.05) is 11.9 Å². The summed E-state index contributed by atoms with van der Waals surface area (Å²) in [6.07, 6.45) is 0.739. The summed E-state index contributed by atoms with van der Waals surface area (Å²) in [7, 11) is 1.54. The summed E-state index contributed by atoms with van der Waals surface area (Å²) in [5.74, 6) is 0.975. The number of anilines is 2.